The highest BCUT2D eigenvalue weighted by atomic mass is 32.1. The van der Waals surface area contributed by atoms with Gasteiger partial charge < -0.3 is 0 Å². The van der Waals surface area contributed by atoms with Gasteiger partial charge in [0.1, 0.15) is 0 Å². The molecule has 0 spiro atoms. The molecule has 0 bridgehead atoms. The van der Waals surface area contributed by atoms with E-state index >= 15 is 0 Å². The van der Waals surface area contributed by atoms with Gasteiger partial charge in [-0.3, -0.25) is 4.79 Å². The smallest absolute Gasteiger partial charge is 0.267 e. The Morgan fingerprint density at radius 1 is 1.15 bits per heavy atom. The standard InChI is InChI=1S/C12H6F3N3OS/c13-12(14,15)10-17-18-8(7-4-2-1-3-5-7)6-9(19)16-11(18)20-10/h1-6H. The fourth-order valence-electron chi connectivity index (χ4n) is 1.74. The first kappa shape index (κ1) is 12.8. The Labute approximate surface area is 114 Å². The Bertz CT molecular complexity index is 823. The summed E-state index contributed by atoms with van der Waals surface area (Å²) in [6.45, 7) is 0. The Kier molecular flexibility index (Phi) is 2.82. The van der Waals surface area contributed by atoms with Crippen LogP contribution < -0.4 is 5.56 Å². The van der Waals surface area contributed by atoms with Crippen LogP contribution in [0.2, 0.25) is 0 Å². The number of alkyl halides is 3. The zero-order valence-electron chi connectivity index (χ0n) is 9.76. The summed E-state index contributed by atoms with van der Waals surface area (Å²) in [5.41, 5.74) is 0.287. The number of benzene rings is 1. The molecule has 0 radical (unpaired) electrons. The second-order valence-electron chi connectivity index (χ2n) is 3.94. The molecule has 0 amide bonds. The van der Waals surface area contributed by atoms with Crippen molar-refractivity contribution >= 4 is 16.3 Å². The first-order valence-corrected chi connectivity index (χ1v) is 6.30. The molecule has 0 fully saturated rings. The summed E-state index contributed by atoms with van der Waals surface area (Å²) in [4.78, 5) is 15.0. The first-order valence-electron chi connectivity index (χ1n) is 5.49. The minimum Gasteiger partial charge on any atom is -0.267 e. The lowest BCUT2D eigenvalue weighted by Crippen LogP contribution is -2.10. The molecule has 4 nitrogen and oxygen atoms in total. The van der Waals surface area contributed by atoms with Gasteiger partial charge in [0.15, 0.2) is 0 Å². The maximum Gasteiger partial charge on any atom is 0.445 e. The molecule has 3 aromatic rings. The SMILES string of the molecule is O=c1cc(-c2ccccc2)n2nc(C(F)(F)F)sc2n1. The second kappa shape index (κ2) is 4.41. The molecular formula is C12H6F3N3OS. The molecule has 0 saturated carbocycles. The van der Waals surface area contributed by atoms with Gasteiger partial charge in [0.2, 0.25) is 9.97 Å². The molecule has 2 aromatic heterocycles. The molecule has 0 aliphatic rings. The third kappa shape index (κ3) is 2.18. The molecule has 3 rings (SSSR count). The molecule has 20 heavy (non-hydrogen) atoms. The summed E-state index contributed by atoms with van der Waals surface area (Å²) in [7, 11) is 0. The largest absolute Gasteiger partial charge is 0.445 e. The molecule has 0 atom stereocenters. The van der Waals surface area contributed by atoms with E-state index in [9.17, 15) is 18.0 Å². The number of nitrogens with zero attached hydrogens (tertiary/aromatic N) is 3. The molecule has 8 heteroatoms. The minimum absolute atomic E-state index is 0.0799. The minimum atomic E-state index is -4.56. The molecule has 102 valence electrons. The number of fused-ring (bicyclic) bond motifs is 1. The number of halogens is 3. The van der Waals surface area contributed by atoms with E-state index in [2.05, 4.69) is 10.1 Å². The maximum atomic E-state index is 12.7. The van der Waals surface area contributed by atoms with Crippen molar-refractivity contribution in [2.45, 2.75) is 6.18 Å². The zero-order valence-corrected chi connectivity index (χ0v) is 10.6. The molecule has 0 saturated heterocycles. The lowest BCUT2D eigenvalue weighted by atomic mass is 10.1. The lowest BCUT2D eigenvalue weighted by Gasteiger charge is -2.02. The van der Waals surface area contributed by atoms with Gasteiger partial charge in [-0.1, -0.05) is 41.7 Å². The van der Waals surface area contributed by atoms with Crippen molar-refractivity contribution in [1.82, 2.24) is 14.6 Å². The normalized spacial score (nSPS) is 11.9. The van der Waals surface area contributed by atoms with Crippen molar-refractivity contribution in [1.29, 1.82) is 0 Å². The third-order valence-electron chi connectivity index (χ3n) is 2.57. The van der Waals surface area contributed by atoms with E-state index in [1.54, 1.807) is 30.3 Å². The summed E-state index contributed by atoms with van der Waals surface area (Å²) >= 11 is 0.343. The molecule has 0 N–H and O–H groups in total. The van der Waals surface area contributed by atoms with Gasteiger partial charge in [-0.25, -0.2) is 4.52 Å². The zero-order chi connectivity index (χ0) is 14.3. The molecule has 2 heterocycles. The molecule has 0 aliphatic carbocycles. The average molecular weight is 297 g/mol. The fraction of sp³-hybridized carbons (Fsp3) is 0.0833. The number of rotatable bonds is 1. The fourth-order valence-corrected chi connectivity index (χ4v) is 2.52. The van der Waals surface area contributed by atoms with Gasteiger partial charge in [0, 0.05) is 11.6 Å². The Hall–Kier alpha value is -2.22. The average Bonchev–Trinajstić information content (AvgIpc) is 2.82. The summed E-state index contributed by atoms with van der Waals surface area (Å²) in [5, 5.41) is 2.48. The van der Waals surface area contributed by atoms with Crippen LogP contribution in [0.25, 0.3) is 16.2 Å². The van der Waals surface area contributed by atoms with Crippen LogP contribution in [-0.2, 0) is 6.18 Å². The van der Waals surface area contributed by atoms with Gasteiger partial charge in [-0.15, -0.1) is 5.10 Å². The Morgan fingerprint density at radius 2 is 1.85 bits per heavy atom. The van der Waals surface area contributed by atoms with E-state index in [1.807, 2.05) is 0 Å². The van der Waals surface area contributed by atoms with Gasteiger partial charge in [-0.05, 0) is 0 Å². The number of hydrogen-bond acceptors (Lipinski definition) is 4. The van der Waals surface area contributed by atoms with E-state index in [4.69, 9.17) is 0 Å². The van der Waals surface area contributed by atoms with Gasteiger partial charge in [-0.2, -0.15) is 18.2 Å². The van der Waals surface area contributed by atoms with Crippen LogP contribution in [0.5, 0.6) is 0 Å². The maximum absolute atomic E-state index is 12.7. The van der Waals surface area contributed by atoms with Crippen LogP contribution in [0.3, 0.4) is 0 Å². The summed E-state index contributed by atoms with van der Waals surface area (Å²) in [6, 6.07) is 9.77. The van der Waals surface area contributed by atoms with Crippen molar-refractivity contribution < 1.29 is 13.2 Å². The monoisotopic (exact) mass is 297 g/mol. The third-order valence-corrected chi connectivity index (χ3v) is 3.52. The van der Waals surface area contributed by atoms with Crippen LogP contribution in [-0.4, -0.2) is 14.6 Å². The topological polar surface area (TPSA) is 47.3 Å². The van der Waals surface area contributed by atoms with Gasteiger partial charge in [0.05, 0.1) is 5.69 Å². The molecule has 1 aromatic carbocycles. The summed E-state index contributed by atoms with van der Waals surface area (Å²) < 4.78 is 39.1. The lowest BCUT2D eigenvalue weighted by molar-refractivity contribution is -0.138. The second-order valence-corrected chi connectivity index (χ2v) is 4.90. The van der Waals surface area contributed by atoms with E-state index in [1.165, 1.54) is 6.07 Å². The molecule has 0 aliphatic heterocycles. The Balaban J connectivity index is 2.32. The highest BCUT2D eigenvalue weighted by Gasteiger charge is 2.36. The van der Waals surface area contributed by atoms with E-state index in [0.717, 1.165) is 4.52 Å². The van der Waals surface area contributed by atoms with Gasteiger partial charge in [0.25, 0.3) is 5.56 Å². The highest BCUT2D eigenvalue weighted by Crippen LogP contribution is 2.33. The molecule has 0 unspecified atom stereocenters. The van der Waals surface area contributed by atoms with Crippen LogP contribution in [0, 0.1) is 0 Å². The van der Waals surface area contributed by atoms with Crippen molar-refractivity contribution in [3.8, 4) is 11.3 Å². The number of hydrogen-bond donors (Lipinski definition) is 0. The van der Waals surface area contributed by atoms with Crippen LogP contribution >= 0.6 is 11.3 Å². The van der Waals surface area contributed by atoms with E-state index in [-0.39, 0.29) is 10.7 Å². The van der Waals surface area contributed by atoms with Crippen LogP contribution in [0.1, 0.15) is 5.01 Å². The molecular weight excluding hydrogens is 291 g/mol. The van der Waals surface area contributed by atoms with E-state index in [0.29, 0.717) is 16.9 Å². The van der Waals surface area contributed by atoms with Crippen molar-refractivity contribution in [2.75, 3.05) is 0 Å². The highest BCUT2D eigenvalue weighted by molar-refractivity contribution is 7.16. The van der Waals surface area contributed by atoms with Crippen molar-refractivity contribution in [3.63, 3.8) is 0 Å². The first-order chi connectivity index (χ1) is 9.45. The number of aromatic nitrogens is 3. The van der Waals surface area contributed by atoms with Crippen molar-refractivity contribution in [2.24, 2.45) is 0 Å². The summed E-state index contributed by atoms with van der Waals surface area (Å²) in [6.07, 6.45) is -4.56. The Morgan fingerprint density at radius 3 is 2.50 bits per heavy atom. The summed E-state index contributed by atoms with van der Waals surface area (Å²) in [5.74, 6) is 0. The van der Waals surface area contributed by atoms with Crippen LogP contribution in [0.15, 0.2) is 41.2 Å². The van der Waals surface area contributed by atoms with Gasteiger partial charge >= 0.3 is 6.18 Å². The van der Waals surface area contributed by atoms with Crippen LogP contribution in [0.4, 0.5) is 13.2 Å². The predicted molar refractivity (Wildman–Crippen MR) is 67.6 cm³/mol. The predicted octanol–water partition coefficient (Wildman–Crippen LogP) is 2.84. The van der Waals surface area contributed by atoms with E-state index < -0.39 is 16.7 Å². The quantitative estimate of drug-likeness (QED) is 0.694. The van der Waals surface area contributed by atoms with Crippen molar-refractivity contribution in [3.05, 3.63) is 51.8 Å².